The Morgan fingerprint density at radius 3 is 1.55 bits per heavy atom. The summed E-state index contributed by atoms with van der Waals surface area (Å²) in [5.74, 6) is -0.315. The fraction of sp³-hybridized carbons (Fsp3) is 0.333. The van der Waals surface area contributed by atoms with Crippen LogP contribution in [0, 0.1) is 0 Å². The number of rotatable bonds is 4. The van der Waals surface area contributed by atoms with Crippen molar-refractivity contribution in [1.82, 2.24) is 10.6 Å². The SMILES string of the molecule is CC(C)NC(=O)c1cc(C(=O)NC(C)C)c2cccccc1-2. The van der Waals surface area contributed by atoms with E-state index in [0.29, 0.717) is 11.1 Å². The van der Waals surface area contributed by atoms with E-state index in [1.807, 2.05) is 58.0 Å². The highest BCUT2D eigenvalue weighted by molar-refractivity contribution is 6.11. The fourth-order valence-electron chi connectivity index (χ4n) is 2.37. The molecule has 2 aliphatic rings. The van der Waals surface area contributed by atoms with E-state index in [1.54, 1.807) is 6.07 Å². The lowest BCUT2D eigenvalue weighted by atomic mass is 10.1. The summed E-state index contributed by atoms with van der Waals surface area (Å²) >= 11 is 0. The van der Waals surface area contributed by atoms with E-state index < -0.39 is 0 Å². The molecule has 0 heterocycles. The van der Waals surface area contributed by atoms with Gasteiger partial charge in [-0.3, -0.25) is 9.59 Å². The molecule has 4 heteroatoms. The van der Waals surface area contributed by atoms with Gasteiger partial charge in [0.15, 0.2) is 0 Å². The quantitative estimate of drug-likeness (QED) is 0.911. The van der Waals surface area contributed by atoms with E-state index in [-0.39, 0.29) is 23.9 Å². The fourth-order valence-corrected chi connectivity index (χ4v) is 2.37. The largest absolute Gasteiger partial charge is 0.350 e. The van der Waals surface area contributed by atoms with Crippen molar-refractivity contribution in [2.45, 2.75) is 39.8 Å². The Hall–Kier alpha value is -2.36. The van der Waals surface area contributed by atoms with Gasteiger partial charge in [-0.05, 0) is 44.9 Å². The van der Waals surface area contributed by atoms with Crippen molar-refractivity contribution < 1.29 is 9.59 Å². The van der Waals surface area contributed by atoms with E-state index in [1.165, 1.54) is 0 Å². The predicted molar refractivity (Wildman–Crippen MR) is 88.3 cm³/mol. The second-order valence-electron chi connectivity index (χ2n) is 5.97. The van der Waals surface area contributed by atoms with Crippen LogP contribution >= 0.6 is 0 Å². The van der Waals surface area contributed by atoms with Gasteiger partial charge in [0.25, 0.3) is 11.8 Å². The van der Waals surface area contributed by atoms with Gasteiger partial charge in [0, 0.05) is 23.2 Å². The molecule has 0 atom stereocenters. The monoisotopic (exact) mass is 298 g/mol. The third-order valence-electron chi connectivity index (χ3n) is 3.24. The van der Waals surface area contributed by atoms with E-state index in [4.69, 9.17) is 0 Å². The molecule has 0 bridgehead atoms. The molecule has 0 aromatic carbocycles. The molecule has 2 rings (SSSR count). The molecule has 116 valence electrons. The number of carbonyl (C=O) groups excluding carboxylic acids is 2. The van der Waals surface area contributed by atoms with Crippen molar-refractivity contribution in [3.63, 3.8) is 0 Å². The van der Waals surface area contributed by atoms with Crippen molar-refractivity contribution in [1.29, 1.82) is 0 Å². The molecule has 2 N–H and O–H groups in total. The van der Waals surface area contributed by atoms with Gasteiger partial charge in [-0.15, -0.1) is 0 Å². The smallest absolute Gasteiger partial charge is 0.252 e. The number of fused-ring (bicyclic) bond motifs is 1. The maximum atomic E-state index is 12.4. The normalized spacial score (nSPS) is 11.0. The third kappa shape index (κ3) is 3.45. The van der Waals surface area contributed by atoms with E-state index in [9.17, 15) is 9.59 Å². The molecule has 0 aromatic rings. The summed E-state index contributed by atoms with van der Waals surface area (Å²) < 4.78 is 0. The summed E-state index contributed by atoms with van der Waals surface area (Å²) in [6.07, 6.45) is 0. The highest BCUT2D eigenvalue weighted by atomic mass is 16.2. The lowest BCUT2D eigenvalue weighted by Crippen LogP contribution is -2.30. The van der Waals surface area contributed by atoms with E-state index in [0.717, 1.165) is 11.1 Å². The molecule has 0 saturated carbocycles. The summed E-state index contributed by atoms with van der Waals surface area (Å²) in [5.41, 5.74) is 2.65. The van der Waals surface area contributed by atoms with Gasteiger partial charge < -0.3 is 10.6 Å². The van der Waals surface area contributed by atoms with Crippen molar-refractivity contribution in [2.24, 2.45) is 0 Å². The Kier molecular flexibility index (Phi) is 4.81. The molecule has 22 heavy (non-hydrogen) atoms. The number of hydrogen-bond acceptors (Lipinski definition) is 2. The van der Waals surface area contributed by atoms with Crippen LogP contribution in [-0.2, 0) is 0 Å². The molecule has 0 fully saturated rings. The Bertz CT molecular complexity index is 608. The van der Waals surface area contributed by atoms with Crippen molar-refractivity contribution >= 4 is 11.8 Å². The van der Waals surface area contributed by atoms with Crippen LogP contribution in [0.3, 0.4) is 0 Å². The zero-order chi connectivity index (χ0) is 16.3. The Labute approximate surface area is 131 Å². The number of amides is 2. The van der Waals surface area contributed by atoms with Gasteiger partial charge in [0.05, 0.1) is 0 Å². The summed E-state index contributed by atoms with van der Waals surface area (Å²) in [7, 11) is 0. The van der Waals surface area contributed by atoms with Crippen molar-refractivity contribution in [2.75, 3.05) is 0 Å². The van der Waals surface area contributed by atoms with Crippen LogP contribution in [0.25, 0.3) is 11.1 Å². The number of carbonyl (C=O) groups is 2. The second-order valence-corrected chi connectivity index (χ2v) is 5.97. The zero-order valence-corrected chi connectivity index (χ0v) is 13.4. The molecule has 0 radical (unpaired) electrons. The number of hydrogen-bond donors (Lipinski definition) is 2. The zero-order valence-electron chi connectivity index (χ0n) is 13.4. The summed E-state index contributed by atoms with van der Waals surface area (Å²) in [4.78, 5) is 24.8. The van der Waals surface area contributed by atoms with Gasteiger partial charge in [0.1, 0.15) is 0 Å². The minimum absolute atomic E-state index is 0.0443. The molecular formula is C18H22N2O2. The van der Waals surface area contributed by atoms with Crippen LogP contribution in [0.5, 0.6) is 0 Å². The van der Waals surface area contributed by atoms with E-state index in [2.05, 4.69) is 10.6 Å². The van der Waals surface area contributed by atoms with Gasteiger partial charge in [-0.1, -0.05) is 30.3 Å². The Morgan fingerprint density at radius 1 is 0.773 bits per heavy atom. The van der Waals surface area contributed by atoms with Gasteiger partial charge in [-0.2, -0.15) is 0 Å². The molecule has 0 unspecified atom stereocenters. The molecule has 0 aromatic heterocycles. The number of nitrogens with one attached hydrogen (secondary N) is 2. The molecule has 0 saturated heterocycles. The third-order valence-corrected chi connectivity index (χ3v) is 3.24. The molecular weight excluding hydrogens is 276 g/mol. The van der Waals surface area contributed by atoms with E-state index >= 15 is 0 Å². The van der Waals surface area contributed by atoms with Gasteiger partial charge in [0.2, 0.25) is 0 Å². The minimum atomic E-state index is -0.158. The van der Waals surface area contributed by atoms with Crippen LogP contribution in [-0.4, -0.2) is 23.9 Å². The average Bonchev–Trinajstić information content (AvgIpc) is 2.60. The first kappa shape index (κ1) is 16.0. The maximum absolute atomic E-state index is 12.4. The standard InChI is InChI=1S/C18H22N2O2/c1-11(2)19-17(21)15-10-16(18(22)20-12(3)4)14-9-7-5-6-8-13(14)15/h5-12H,1-4H3,(H,19,21)(H,20,22). The first-order valence-corrected chi connectivity index (χ1v) is 7.53. The molecule has 2 amide bonds. The molecule has 0 aliphatic heterocycles. The Balaban J connectivity index is 2.50. The van der Waals surface area contributed by atoms with Crippen LogP contribution in [0.15, 0.2) is 36.4 Å². The highest BCUT2D eigenvalue weighted by Crippen LogP contribution is 2.32. The van der Waals surface area contributed by atoms with Gasteiger partial charge in [-0.25, -0.2) is 0 Å². The summed E-state index contributed by atoms with van der Waals surface area (Å²) in [6, 6.07) is 11.1. The second kappa shape index (κ2) is 6.60. The molecule has 2 aliphatic carbocycles. The predicted octanol–water partition coefficient (Wildman–Crippen LogP) is 3.07. The maximum Gasteiger partial charge on any atom is 0.252 e. The average molecular weight is 298 g/mol. The first-order valence-electron chi connectivity index (χ1n) is 7.53. The van der Waals surface area contributed by atoms with Crippen molar-refractivity contribution in [3.05, 3.63) is 47.5 Å². The summed E-state index contributed by atoms with van der Waals surface area (Å²) in [6.45, 7) is 7.65. The van der Waals surface area contributed by atoms with Crippen molar-refractivity contribution in [3.8, 4) is 11.1 Å². The highest BCUT2D eigenvalue weighted by Gasteiger charge is 2.23. The summed E-state index contributed by atoms with van der Waals surface area (Å²) in [5, 5.41) is 5.77. The topological polar surface area (TPSA) is 58.2 Å². The van der Waals surface area contributed by atoms with Crippen LogP contribution in [0.4, 0.5) is 0 Å². The lowest BCUT2D eigenvalue weighted by molar-refractivity contribution is 0.0940. The van der Waals surface area contributed by atoms with Crippen LogP contribution < -0.4 is 10.6 Å². The van der Waals surface area contributed by atoms with Crippen LogP contribution in [0.1, 0.15) is 48.4 Å². The van der Waals surface area contributed by atoms with Crippen LogP contribution in [0.2, 0.25) is 0 Å². The minimum Gasteiger partial charge on any atom is -0.350 e. The Morgan fingerprint density at radius 2 is 1.18 bits per heavy atom. The first-order chi connectivity index (χ1) is 10.4. The van der Waals surface area contributed by atoms with Gasteiger partial charge >= 0.3 is 0 Å². The molecule has 4 nitrogen and oxygen atoms in total. The molecule has 0 spiro atoms. The lowest BCUT2D eigenvalue weighted by Gasteiger charge is -2.08.